The number of fused-ring (bicyclic) bond motifs is 1. The summed E-state index contributed by atoms with van der Waals surface area (Å²) >= 11 is 6.31. The van der Waals surface area contributed by atoms with Gasteiger partial charge in [-0.25, -0.2) is 9.97 Å². The zero-order chi connectivity index (χ0) is 29.9. The molecule has 0 saturated heterocycles. The molecule has 2 amide bonds. The number of ether oxygens (including phenoxy) is 1. The number of halogens is 4. The number of alkyl halides is 3. The lowest BCUT2D eigenvalue weighted by atomic mass is 9.95. The van der Waals surface area contributed by atoms with E-state index in [1.54, 1.807) is 43.4 Å². The fourth-order valence-corrected chi connectivity index (χ4v) is 4.04. The Morgan fingerprint density at radius 1 is 0.951 bits per heavy atom. The van der Waals surface area contributed by atoms with Gasteiger partial charge >= 0.3 is 6.36 Å². The Morgan fingerprint density at radius 2 is 1.66 bits per heavy atom. The number of nitrogens with one attached hydrogen (secondary N) is 3. The lowest BCUT2D eigenvalue weighted by Gasteiger charge is -2.18. The molecule has 0 atom stereocenters. The first-order valence-electron chi connectivity index (χ1n) is 12.5. The van der Waals surface area contributed by atoms with Crippen molar-refractivity contribution in [1.29, 1.82) is 0 Å². The number of anilines is 2. The molecule has 1 aromatic heterocycles. The minimum atomic E-state index is -4.80. The maximum Gasteiger partial charge on any atom is 0.573 e. The lowest BCUT2D eigenvalue weighted by molar-refractivity contribution is -0.274. The minimum absolute atomic E-state index is 0.123. The van der Waals surface area contributed by atoms with Gasteiger partial charge in [0.2, 0.25) is 5.91 Å². The molecule has 1 heterocycles. The van der Waals surface area contributed by atoms with Gasteiger partial charge in [0.25, 0.3) is 5.91 Å². The third-order valence-electron chi connectivity index (χ3n) is 5.95. The van der Waals surface area contributed by atoms with Crippen LogP contribution in [0.25, 0.3) is 22.3 Å². The highest BCUT2D eigenvalue weighted by Crippen LogP contribution is 2.30. The second-order valence-electron chi connectivity index (χ2n) is 10.2. The minimum Gasteiger partial charge on any atom is -0.406 e. The summed E-state index contributed by atoms with van der Waals surface area (Å²) in [6.07, 6.45) is -4.80. The second kappa shape index (κ2) is 11.6. The molecule has 0 aliphatic heterocycles. The van der Waals surface area contributed by atoms with Crippen LogP contribution in [0.2, 0.25) is 5.02 Å². The van der Waals surface area contributed by atoms with E-state index >= 15 is 0 Å². The van der Waals surface area contributed by atoms with Gasteiger partial charge in [-0.05, 0) is 60.2 Å². The standard InChI is InChI=1S/C29H27ClF3N5O3/c1-28(2,3)27(40)35-15-16-5-12-22(30)21(13-16)26(39)36-18-8-11-20-23(14-18)37-24(38-25(20)34-4)17-6-9-19(10-7-17)41-29(31,32)33/h5-14H,15H2,1-4H3,(H,35,40)(H,36,39)(H,34,37,38). The number of benzene rings is 3. The van der Waals surface area contributed by atoms with E-state index in [-0.39, 0.29) is 34.6 Å². The van der Waals surface area contributed by atoms with E-state index in [9.17, 15) is 22.8 Å². The quantitative estimate of drug-likeness (QED) is 0.220. The van der Waals surface area contributed by atoms with Gasteiger partial charge in [-0.3, -0.25) is 9.59 Å². The summed E-state index contributed by atoms with van der Waals surface area (Å²) in [6, 6.07) is 15.2. The van der Waals surface area contributed by atoms with Crippen LogP contribution in [0.15, 0.2) is 60.7 Å². The molecule has 0 radical (unpaired) electrons. The Balaban J connectivity index is 1.58. The third-order valence-corrected chi connectivity index (χ3v) is 6.28. The van der Waals surface area contributed by atoms with E-state index in [2.05, 4.69) is 30.7 Å². The first-order chi connectivity index (χ1) is 19.2. The van der Waals surface area contributed by atoms with Gasteiger partial charge in [0.1, 0.15) is 11.6 Å². The zero-order valence-corrected chi connectivity index (χ0v) is 23.4. The number of amides is 2. The molecule has 4 aromatic rings. The number of carbonyl (C=O) groups excluding carboxylic acids is 2. The first-order valence-corrected chi connectivity index (χ1v) is 12.8. The fraction of sp³-hybridized carbons (Fsp3) is 0.241. The van der Waals surface area contributed by atoms with E-state index in [4.69, 9.17) is 11.6 Å². The predicted octanol–water partition coefficient (Wildman–Crippen LogP) is 6.81. The van der Waals surface area contributed by atoms with E-state index in [0.717, 1.165) is 0 Å². The fourth-order valence-electron chi connectivity index (χ4n) is 3.84. The molecule has 214 valence electrons. The molecule has 41 heavy (non-hydrogen) atoms. The largest absolute Gasteiger partial charge is 0.573 e. The highest BCUT2D eigenvalue weighted by Gasteiger charge is 2.31. The van der Waals surface area contributed by atoms with Gasteiger partial charge in [0.15, 0.2) is 5.82 Å². The molecule has 0 bridgehead atoms. The Labute approximate surface area is 239 Å². The van der Waals surface area contributed by atoms with Crippen LogP contribution in [0.5, 0.6) is 5.75 Å². The summed E-state index contributed by atoms with van der Waals surface area (Å²) in [4.78, 5) is 34.4. The molecule has 0 spiro atoms. The average molecular weight is 586 g/mol. The molecule has 4 rings (SSSR count). The SMILES string of the molecule is CNc1nc(-c2ccc(OC(F)(F)F)cc2)nc2cc(NC(=O)c3cc(CNC(=O)C(C)(C)C)ccc3Cl)ccc12. The zero-order valence-electron chi connectivity index (χ0n) is 22.6. The van der Waals surface area contributed by atoms with E-state index < -0.39 is 17.7 Å². The first kappa shape index (κ1) is 29.6. The summed E-state index contributed by atoms with van der Waals surface area (Å²) in [5.74, 6) is -0.187. The van der Waals surface area contributed by atoms with Crippen molar-refractivity contribution < 1.29 is 27.5 Å². The van der Waals surface area contributed by atoms with Crippen LogP contribution in [0.1, 0.15) is 36.7 Å². The molecule has 0 aliphatic carbocycles. The molecule has 3 aromatic carbocycles. The Bertz CT molecular complexity index is 1600. The maximum atomic E-state index is 13.1. The van der Waals surface area contributed by atoms with E-state index in [1.165, 1.54) is 24.3 Å². The van der Waals surface area contributed by atoms with Gasteiger partial charge in [-0.2, -0.15) is 0 Å². The van der Waals surface area contributed by atoms with E-state index in [0.29, 0.717) is 33.5 Å². The van der Waals surface area contributed by atoms with Gasteiger partial charge < -0.3 is 20.7 Å². The van der Waals surface area contributed by atoms with Crippen LogP contribution in [0.4, 0.5) is 24.7 Å². The number of nitrogens with zero attached hydrogens (tertiary/aromatic N) is 2. The van der Waals surface area contributed by atoms with Crippen LogP contribution in [-0.4, -0.2) is 35.2 Å². The average Bonchev–Trinajstić information content (AvgIpc) is 2.90. The Kier molecular flexibility index (Phi) is 8.39. The van der Waals surface area contributed by atoms with Crippen LogP contribution in [-0.2, 0) is 11.3 Å². The van der Waals surface area contributed by atoms with Crippen molar-refractivity contribution in [3.63, 3.8) is 0 Å². The molecule has 12 heteroatoms. The Hall–Kier alpha value is -4.38. The molecule has 0 fully saturated rings. The van der Waals surface area contributed by atoms with E-state index in [1.807, 2.05) is 20.8 Å². The van der Waals surface area contributed by atoms with Gasteiger partial charge in [-0.1, -0.05) is 38.4 Å². The molecule has 0 unspecified atom stereocenters. The molecular formula is C29H27ClF3N5O3. The normalized spacial score (nSPS) is 11.7. The number of rotatable bonds is 7. The van der Waals surface area contributed by atoms with Gasteiger partial charge in [-0.15, -0.1) is 13.2 Å². The van der Waals surface area contributed by atoms with Crippen LogP contribution >= 0.6 is 11.6 Å². The topological polar surface area (TPSA) is 105 Å². The maximum absolute atomic E-state index is 13.1. The summed E-state index contributed by atoms with van der Waals surface area (Å²) in [6.45, 7) is 5.66. The third kappa shape index (κ3) is 7.43. The Morgan fingerprint density at radius 3 is 2.29 bits per heavy atom. The number of aromatic nitrogens is 2. The molecule has 8 nitrogen and oxygen atoms in total. The van der Waals surface area contributed by atoms with Crippen molar-refractivity contribution in [3.8, 4) is 17.1 Å². The van der Waals surface area contributed by atoms with Crippen molar-refractivity contribution in [1.82, 2.24) is 15.3 Å². The smallest absolute Gasteiger partial charge is 0.406 e. The van der Waals surface area contributed by atoms with Crippen molar-refractivity contribution in [2.45, 2.75) is 33.7 Å². The van der Waals surface area contributed by atoms with Crippen molar-refractivity contribution >= 4 is 45.8 Å². The highest BCUT2D eigenvalue weighted by atomic mass is 35.5. The number of hydrogen-bond donors (Lipinski definition) is 3. The van der Waals surface area contributed by atoms with Crippen LogP contribution < -0.4 is 20.7 Å². The second-order valence-corrected chi connectivity index (χ2v) is 10.6. The summed E-state index contributed by atoms with van der Waals surface area (Å²) < 4.78 is 41.5. The molecular weight excluding hydrogens is 559 g/mol. The highest BCUT2D eigenvalue weighted by molar-refractivity contribution is 6.34. The molecule has 0 aliphatic rings. The lowest BCUT2D eigenvalue weighted by Crippen LogP contribution is -2.34. The molecule has 0 saturated carbocycles. The monoisotopic (exact) mass is 585 g/mol. The van der Waals surface area contributed by atoms with Crippen molar-refractivity contribution in [2.75, 3.05) is 17.7 Å². The van der Waals surface area contributed by atoms with Crippen molar-refractivity contribution in [2.24, 2.45) is 5.41 Å². The van der Waals surface area contributed by atoms with Crippen LogP contribution in [0, 0.1) is 5.41 Å². The van der Waals surface area contributed by atoms with Crippen molar-refractivity contribution in [3.05, 3.63) is 76.8 Å². The number of carbonyl (C=O) groups is 2. The molecule has 3 N–H and O–H groups in total. The summed E-state index contributed by atoms with van der Waals surface area (Å²) in [5.41, 5.74) is 1.77. The number of hydrogen-bond acceptors (Lipinski definition) is 6. The summed E-state index contributed by atoms with van der Waals surface area (Å²) in [7, 11) is 1.68. The predicted molar refractivity (Wildman–Crippen MR) is 152 cm³/mol. The van der Waals surface area contributed by atoms with Gasteiger partial charge in [0, 0.05) is 35.6 Å². The van der Waals surface area contributed by atoms with Crippen LogP contribution in [0.3, 0.4) is 0 Å². The van der Waals surface area contributed by atoms with Gasteiger partial charge in [0.05, 0.1) is 16.1 Å². The summed E-state index contributed by atoms with van der Waals surface area (Å²) in [5, 5.41) is 9.57.